The molecule has 1 fully saturated rings. The summed E-state index contributed by atoms with van der Waals surface area (Å²) in [6.45, 7) is 11.7. The van der Waals surface area contributed by atoms with E-state index in [0.717, 1.165) is 49.3 Å². The first-order chi connectivity index (χ1) is 15.3. The van der Waals surface area contributed by atoms with E-state index in [4.69, 9.17) is 0 Å². The molecule has 32 heavy (non-hydrogen) atoms. The van der Waals surface area contributed by atoms with Gasteiger partial charge in [0.25, 0.3) is 5.91 Å². The van der Waals surface area contributed by atoms with Crippen molar-refractivity contribution in [1.29, 1.82) is 0 Å². The van der Waals surface area contributed by atoms with Crippen molar-refractivity contribution in [2.24, 2.45) is 0 Å². The van der Waals surface area contributed by atoms with Gasteiger partial charge in [0.1, 0.15) is 0 Å². The highest BCUT2D eigenvalue weighted by molar-refractivity contribution is 5.94. The molecule has 0 atom stereocenters. The Morgan fingerprint density at radius 3 is 2.06 bits per heavy atom. The van der Waals surface area contributed by atoms with Gasteiger partial charge >= 0.3 is 0 Å². The van der Waals surface area contributed by atoms with Gasteiger partial charge in [-0.15, -0.1) is 0 Å². The van der Waals surface area contributed by atoms with Gasteiger partial charge in [0.2, 0.25) is 5.91 Å². The summed E-state index contributed by atoms with van der Waals surface area (Å²) in [4.78, 5) is 29.1. The van der Waals surface area contributed by atoms with Gasteiger partial charge in [-0.2, -0.15) is 0 Å². The fourth-order valence-corrected chi connectivity index (χ4v) is 3.98. The minimum Gasteiger partial charge on any atom is -0.368 e. The summed E-state index contributed by atoms with van der Waals surface area (Å²) in [5, 5.41) is 2.97. The third-order valence-corrected chi connectivity index (χ3v) is 6.09. The van der Waals surface area contributed by atoms with Gasteiger partial charge in [0, 0.05) is 49.5 Å². The van der Waals surface area contributed by atoms with E-state index in [1.165, 1.54) is 5.56 Å². The fourth-order valence-electron chi connectivity index (χ4n) is 3.98. The maximum Gasteiger partial charge on any atom is 0.253 e. The van der Waals surface area contributed by atoms with Crippen LogP contribution in [0, 0.1) is 0 Å². The van der Waals surface area contributed by atoms with Gasteiger partial charge in [-0.3, -0.25) is 9.59 Å². The lowest BCUT2D eigenvalue weighted by Crippen LogP contribution is -2.48. The third kappa shape index (κ3) is 6.35. The number of rotatable bonds is 7. The lowest BCUT2D eigenvalue weighted by molar-refractivity contribution is -0.116. The van der Waals surface area contributed by atoms with Crippen LogP contribution >= 0.6 is 0 Å². The Kier molecular flexibility index (Phi) is 7.94. The number of amides is 2. The number of piperazine rings is 1. The number of nitrogens with zero attached hydrogens (tertiary/aromatic N) is 2. The molecule has 0 aliphatic carbocycles. The van der Waals surface area contributed by atoms with Crippen molar-refractivity contribution in [2.75, 3.05) is 36.4 Å². The number of carbonyl (C=O) groups is 2. The summed E-state index contributed by atoms with van der Waals surface area (Å²) in [7, 11) is 0. The number of anilines is 2. The molecule has 1 saturated heterocycles. The molecule has 1 heterocycles. The highest BCUT2D eigenvalue weighted by Gasteiger charge is 2.23. The molecule has 1 N–H and O–H groups in total. The molecule has 2 aromatic carbocycles. The highest BCUT2D eigenvalue weighted by atomic mass is 16.2. The molecular formula is C27H37N3O2. The first kappa shape index (κ1) is 23.8. The Morgan fingerprint density at radius 1 is 0.875 bits per heavy atom. The Balaban J connectivity index is 1.51. The van der Waals surface area contributed by atoms with Crippen molar-refractivity contribution in [3.05, 3.63) is 59.7 Å². The van der Waals surface area contributed by atoms with Gasteiger partial charge in [-0.1, -0.05) is 52.7 Å². The SMILES string of the molecule is CCCCCC(=O)Nc1ccc(N2CCN(C(=O)c3ccc(C(C)(C)C)cc3)CC2)cc1. The summed E-state index contributed by atoms with van der Waals surface area (Å²) in [6.07, 6.45) is 3.71. The average Bonchev–Trinajstić information content (AvgIpc) is 2.79. The van der Waals surface area contributed by atoms with Crippen LogP contribution in [0.5, 0.6) is 0 Å². The van der Waals surface area contributed by atoms with Crippen LogP contribution in [0.1, 0.15) is 69.3 Å². The zero-order valence-electron chi connectivity index (χ0n) is 20.0. The van der Waals surface area contributed by atoms with Gasteiger partial charge in [-0.05, 0) is 53.8 Å². The highest BCUT2D eigenvalue weighted by Crippen LogP contribution is 2.24. The van der Waals surface area contributed by atoms with Crippen molar-refractivity contribution in [3.63, 3.8) is 0 Å². The van der Waals surface area contributed by atoms with Gasteiger partial charge in [0.15, 0.2) is 0 Å². The second-order valence-electron chi connectivity index (χ2n) is 9.66. The molecule has 0 saturated carbocycles. The molecule has 172 valence electrons. The van der Waals surface area contributed by atoms with E-state index < -0.39 is 0 Å². The minimum atomic E-state index is 0.0776. The van der Waals surface area contributed by atoms with Crippen molar-refractivity contribution >= 4 is 23.2 Å². The monoisotopic (exact) mass is 435 g/mol. The average molecular weight is 436 g/mol. The second kappa shape index (κ2) is 10.7. The molecule has 0 bridgehead atoms. The molecular weight excluding hydrogens is 398 g/mol. The largest absolute Gasteiger partial charge is 0.368 e. The van der Waals surface area contributed by atoms with E-state index in [1.54, 1.807) is 0 Å². The normalized spacial score (nSPS) is 14.4. The van der Waals surface area contributed by atoms with Crippen molar-refractivity contribution < 1.29 is 9.59 Å². The lowest BCUT2D eigenvalue weighted by Gasteiger charge is -2.36. The van der Waals surface area contributed by atoms with Crippen LogP contribution < -0.4 is 10.2 Å². The number of nitrogens with one attached hydrogen (secondary N) is 1. The van der Waals surface area contributed by atoms with Crippen LogP contribution in [0.2, 0.25) is 0 Å². The Hall–Kier alpha value is -2.82. The smallest absolute Gasteiger partial charge is 0.253 e. The van der Waals surface area contributed by atoms with E-state index in [0.29, 0.717) is 19.5 Å². The second-order valence-corrected chi connectivity index (χ2v) is 9.66. The summed E-state index contributed by atoms with van der Waals surface area (Å²) in [5.74, 6) is 0.181. The fraction of sp³-hybridized carbons (Fsp3) is 0.481. The van der Waals surface area contributed by atoms with E-state index >= 15 is 0 Å². The number of hydrogen-bond donors (Lipinski definition) is 1. The Labute approximate surface area is 192 Å². The van der Waals surface area contributed by atoms with E-state index in [-0.39, 0.29) is 17.2 Å². The summed E-state index contributed by atoms with van der Waals surface area (Å²) in [6, 6.07) is 16.0. The van der Waals surface area contributed by atoms with Crippen LogP contribution in [-0.2, 0) is 10.2 Å². The molecule has 0 aromatic heterocycles. The van der Waals surface area contributed by atoms with Crippen LogP contribution in [0.15, 0.2) is 48.5 Å². The zero-order chi connectivity index (χ0) is 23.1. The minimum absolute atomic E-state index is 0.0776. The molecule has 3 rings (SSSR count). The third-order valence-electron chi connectivity index (χ3n) is 6.09. The van der Waals surface area contributed by atoms with Gasteiger partial charge in [0.05, 0.1) is 0 Å². The molecule has 5 nitrogen and oxygen atoms in total. The summed E-state index contributed by atoms with van der Waals surface area (Å²) in [5.41, 5.74) is 4.03. The molecule has 5 heteroatoms. The first-order valence-electron chi connectivity index (χ1n) is 11.8. The summed E-state index contributed by atoms with van der Waals surface area (Å²) >= 11 is 0. The molecule has 0 radical (unpaired) electrons. The summed E-state index contributed by atoms with van der Waals surface area (Å²) < 4.78 is 0. The Morgan fingerprint density at radius 2 is 1.50 bits per heavy atom. The first-order valence-corrected chi connectivity index (χ1v) is 11.8. The molecule has 0 unspecified atom stereocenters. The number of hydrogen-bond acceptors (Lipinski definition) is 3. The van der Waals surface area contributed by atoms with Crippen molar-refractivity contribution in [2.45, 2.75) is 58.8 Å². The lowest BCUT2D eigenvalue weighted by atomic mass is 9.86. The van der Waals surface area contributed by atoms with E-state index in [2.05, 4.69) is 50.0 Å². The maximum absolute atomic E-state index is 12.9. The van der Waals surface area contributed by atoms with Crippen LogP contribution in [0.4, 0.5) is 11.4 Å². The predicted molar refractivity (Wildman–Crippen MR) is 132 cm³/mol. The maximum atomic E-state index is 12.9. The molecule has 1 aliphatic heterocycles. The van der Waals surface area contributed by atoms with E-state index in [9.17, 15) is 9.59 Å². The number of unbranched alkanes of at least 4 members (excludes halogenated alkanes) is 2. The standard InChI is InChI=1S/C27H37N3O2/c1-5-6-7-8-25(31)28-23-13-15-24(16-14-23)29-17-19-30(20-18-29)26(32)21-9-11-22(12-10-21)27(2,3)4/h9-16H,5-8,17-20H2,1-4H3,(H,28,31). The topological polar surface area (TPSA) is 52.7 Å². The van der Waals surface area contributed by atoms with Crippen molar-refractivity contribution in [3.8, 4) is 0 Å². The molecule has 1 aliphatic rings. The molecule has 2 aromatic rings. The molecule has 2 amide bonds. The Bertz CT molecular complexity index is 890. The molecule has 0 spiro atoms. The van der Waals surface area contributed by atoms with Crippen LogP contribution in [0.25, 0.3) is 0 Å². The number of carbonyl (C=O) groups excluding carboxylic acids is 2. The van der Waals surface area contributed by atoms with Crippen LogP contribution in [-0.4, -0.2) is 42.9 Å². The van der Waals surface area contributed by atoms with Crippen molar-refractivity contribution in [1.82, 2.24) is 4.90 Å². The van der Waals surface area contributed by atoms with Gasteiger partial charge in [-0.25, -0.2) is 0 Å². The van der Waals surface area contributed by atoms with E-state index in [1.807, 2.05) is 41.3 Å². The number of benzene rings is 2. The zero-order valence-corrected chi connectivity index (χ0v) is 20.0. The quantitative estimate of drug-likeness (QED) is 0.587. The van der Waals surface area contributed by atoms with Crippen LogP contribution in [0.3, 0.4) is 0 Å². The predicted octanol–water partition coefficient (Wildman–Crippen LogP) is 5.47. The van der Waals surface area contributed by atoms with Gasteiger partial charge < -0.3 is 15.1 Å².